The van der Waals surface area contributed by atoms with Crippen molar-refractivity contribution < 1.29 is 14.3 Å². The molecule has 1 fully saturated rings. The summed E-state index contributed by atoms with van der Waals surface area (Å²) in [6.45, 7) is 4.92. The Kier molecular flexibility index (Phi) is 5.24. The lowest BCUT2D eigenvalue weighted by Gasteiger charge is -2.28. The molecular formula is C16H20N6O3. The summed E-state index contributed by atoms with van der Waals surface area (Å²) < 4.78 is 10.3. The average molecular weight is 344 g/mol. The second-order valence-electron chi connectivity index (χ2n) is 5.40. The molecule has 0 amide bonds. The van der Waals surface area contributed by atoms with Crippen molar-refractivity contribution in [2.75, 3.05) is 42.3 Å². The first-order valence-electron chi connectivity index (χ1n) is 8.06. The van der Waals surface area contributed by atoms with E-state index in [1.54, 1.807) is 6.92 Å². The predicted molar refractivity (Wildman–Crippen MR) is 92.9 cm³/mol. The molecule has 132 valence electrons. The van der Waals surface area contributed by atoms with Gasteiger partial charge < -0.3 is 25.4 Å². The maximum Gasteiger partial charge on any atom is 0.330 e. The Morgan fingerprint density at radius 2 is 1.96 bits per heavy atom. The smallest absolute Gasteiger partial charge is 0.330 e. The number of nitrogen functional groups attached to an aromatic ring is 1. The lowest BCUT2D eigenvalue weighted by molar-refractivity contribution is -0.134. The van der Waals surface area contributed by atoms with E-state index in [0.29, 0.717) is 0 Å². The van der Waals surface area contributed by atoms with Gasteiger partial charge in [-0.15, -0.1) is 0 Å². The molecule has 9 heteroatoms. The first kappa shape index (κ1) is 16.9. The van der Waals surface area contributed by atoms with Gasteiger partial charge in [0.25, 0.3) is 0 Å². The number of carbonyl (C=O) groups is 1. The van der Waals surface area contributed by atoms with Crippen LogP contribution < -0.4 is 20.7 Å². The number of nitrogens with zero attached hydrogens (tertiary/aromatic N) is 4. The minimum atomic E-state index is -0.439. The zero-order chi connectivity index (χ0) is 17.6. The number of morpholine rings is 1. The third-order valence-electron chi connectivity index (χ3n) is 3.63. The van der Waals surface area contributed by atoms with Crippen LogP contribution in [0, 0.1) is 0 Å². The van der Waals surface area contributed by atoms with Crippen molar-refractivity contribution in [1.29, 1.82) is 0 Å². The number of benzene rings is 1. The molecule has 3 N–H and O–H groups in total. The first-order valence-corrected chi connectivity index (χ1v) is 8.06. The number of esters is 1. The maximum absolute atomic E-state index is 11.4. The molecule has 1 aromatic carbocycles. The molecule has 0 radical (unpaired) electrons. The highest BCUT2D eigenvalue weighted by Crippen LogP contribution is 2.21. The average Bonchev–Trinajstić information content (AvgIpc) is 2.62. The molecule has 1 aliphatic heterocycles. The number of rotatable bonds is 5. The van der Waals surface area contributed by atoms with Gasteiger partial charge in [-0.2, -0.15) is 15.0 Å². The standard InChI is InChI=1S/C16H20N6O3/c1-2-13(23)25-16-20-14(17)19-15(21-16)18-11-3-5-12(6-4-11)22-7-9-24-10-8-22/h3-6H,2,7-10H2,1H3,(H3,17,18,19,20,21). The van der Waals surface area contributed by atoms with Crippen molar-refractivity contribution in [1.82, 2.24) is 15.0 Å². The Morgan fingerprint density at radius 3 is 2.64 bits per heavy atom. The van der Waals surface area contributed by atoms with E-state index in [1.807, 2.05) is 24.3 Å². The molecule has 1 aliphatic rings. The number of anilines is 4. The van der Waals surface area contributed by atoms with E-state index in [9.17, 15) is 4.79 Å². The van der Waals surface area contributed by atoms with Crippen molar-refractivity contribution in [3.05, 3.63) is 24.3 Å². The number of hydrogen-bond acceptors (Lipinski definition) is 9. The number of nitrogens with two attached hydrogens (primary N) is 1. The quantitative estimate of drug-likeness (QED) is 0.775. The van der Waals surface area contributed by atoms with Gasteiger partial charge in [-0.05, 0) is 24.3 Å². The minimum Gasteiger partial charge on any atom is -0.391 e. The largest absolute Gasteiger partial charge is 0.391 e. The summed E-state index contributed by atoms with van der Waals surface area (Å²) in [6.07, 6.45) is 0.220. The SMILES string of the molecule is CCC(=O)Oc1nc(N)nc(Nc2ccc(N3CCOCC3)cc2)n1. The highest BCUT2D eigenvalue weighted by atomic mass is 16.5. The number of hydrogen-bond donors (Lipinski definition) is 2. The summed E-state index contributed by atoms with van der Waals surface area (Å²) in [5, 5.41) is 3.03. The second kappa shape index (κ2) is 7.75. The maximum atomic E-state index is 11.4. The highest BCUT2D eigenvalue weighted by molar-refractivity contribution is 5.71. The molecule has 0 unspecified atom stereocenters. The third kappa shape index (κ3) is 4.54. The molecule has 1 saturated heterocycles. The molecule has 0 bridgehead atoms. The van der Waals surface area contributed by atoms with Crippen LogP contribution in [-0.2, 0) is 9.53 Å². The number of ether oxygens (including phenoxy) is 2. The van der Waals surface area contributed by atoms with E-state index in [0.717, 1.165) is 37.7 Å². The monoisotopic (exact) mass is 344 g/mol. The molecule has 3 rings (SSSR count). The Bertz CT molecular complexity index is 731. The summed E-state index contributed by atoms with van der Waals surface area (Å²) in [5.41, 5.74) is 7.55. The molecule has 25 heavy (non-hydrogen) atoms. The summed E-state index contributed by atoms with van der Waals surface area (Å²) in [6, 6.07) is 7.74. The molecule has 0 aliphatic carbocycles. The fourth-order valence-electron chi connectivity index (χ4n) is 2.35. The summed E-state index contributed by atoms with van der Waals surface area (Å²) in [7, 11) is 0. The van der Waals surface area contributed by atoms with Gasteiger partial charge in [-0.3, -0.25) is 4.79 Å². The Labute approximate surface area is 145 Å². The van der Waals surface area contributed by atoms with Crippen molar-refractivity contribution in [3.63, 3.8) is 0 Å². The van der Waals surface area contributed by atoms with E-state index in [-0.39, 0.29) is 24.3 Å². The van der Waals surface area contributed by atoms with Crippen LogP contribution in [0.4, 0.5) is 23.3 Å². The normalized spacial score (nSPS) is 14.2. The van der Waals surface area contributed by atoms with Crippen LogP contribution in [0.5, 0.6) is 6.01 Å². The van der Waals surface area contributed by atoms with Gasteiger partial charge in [0, 0.05) is 30.9 Å². The molecule has 0 atom stereocenters. The van der Waals surface area contributed by atoms with E-state index < -0.39 is 5.97 Å². The number of nitrogens with one attached hydrogen (secondary N) is 1. The third-order valence-corrected chi connectivity index (χ3v) is 3.63. The Hall–Kier alpha value is -2.94. The Morgan fingerprint density at radius 1 is 1.24 bits per heavy atom. The lowest BCUT2D eigenvalue weighted by atomic mass is 10.2. The molecule has 0 spiro atoms. The highest BCUT2D eigenvalue weighted by Gasteiger charge is 2.12. The van der Waals surface area contributed by atoms with Crippen molar-refractivity contribution >= 4 is 29.2 Å². The summed E-state index contributed by atoms with van der Waals surface area (Å²) in [4.78, 5) is 25.5. The van der Waals surface area contributed by atoms with E-state index >= 15 is 0 Å². The van der Waals surface area contributed by atoms with Crippen LogP contribution >= 0.6 is 0 Å². The van der Waals surface area contributed by atoms with E-state index in [4.69, 9.17) is 15.2 Å². The molecule has 9 nitrogen and oxygen atoms in total. The van der Waals surface area contributed by atoms with Crippen LogP contribution in [0.1, 0.15) is 13.3 Å². The van der Waals surface area contributed by atoms with Gasteiger partial charge in [0.15, 0.2) is 0 Å². The summed E-state index contributed by atoms with van der Waals surface area (Å²) in [5.74, 6) is -0.252. The molecule has 2 aromatic rings. The molecule has 0 saturated carbocycles. The zero-order valence-electron chi connectivity index (χ0n) is 13.9. The van der Waals surface area contributed by atoms with Crippen LogP contribution in [-0.4, -0.2) is 47.2 Å². The van der Waals surface area contributed by atoms with Gasteiger partial charge in [0.1, 0.15) is 0 Å². The first-order chi connectivity index (χ1) is 12.1. The Balaban J connectivity index is 1.70. The molecular weight excluding hydrogens is 324 g/mol. The van der Waals surface area contributed by atoms with Gasteiger partial charge in [-0.25, -0.2) is 0 Å². The van der Waals surface area contributed by atoms with Crippen molar-refractivity contribution in [2.45, 2.75) is 13.3 Å². The fraction of sp³-hybridized carbons (Fsp3) is 0.375. The van der Waals surface area contributed by atoms with Gasteiger partial charge in [-0.1, -0.05) is 6.92 Å². The van der Waals surface area contributed by atoms with Gasteiger partial charge in [0.2, 0.25) is 11.9 Å². The zero-order valence-corrected chi connectivity index (χ0v) is 13.9. The molecule has 1 aromatic heterocycles. The summed E-state index contributed by atoms with van der Waals surface area (Å²) >= 11 is 0. The van der Waals surface area contributed by atoms with Crippen molar-refractivity contribution in [2.24, 2.45) is 0 Å². The van der Waals surface area contributed by atoms with Crippen LogP contribution in [0.25, 0.3) is 0 Å². The topological polar surface area (TPSA) is 115 Å². The molecule has 2 heterocycles. The van der Waals surface area contributed by atoms with Gasteiger partial charge in [0.05, 0.1) is 13.2 Å². The van der Waals surface area contributed by atoms with Crippen LogP contribution in [0.3, 0.4) is 0 Å². The number of aromatic nitrogens is 3. The fourth-order valence-corrected chi connectivity index (χ4v) is 2.35. The van der Waals surface area contributed by atoms with E-state index in [2.05, 4.69) is 25.2 Å². The second-order valence-corrected chi connectivity index (χ2v) is 5.40. The number of carbonyl (C=O) groups excluding carboxylic acids is 1. The van der Waals surface area contributed by atoms with Crippen LogP contribution in [0.15, 0.2) is 24.3 Å². The van der Waals surface area contributed by atoms with Crippen molar-refractivity contribution in [3.8, 4) is 6.01 Å². The van der Waals surface area contributed by atoms with Gasteiger partial charge >= 0.3 is 12.0 Å². The van der Waals surface area contributed by atoms with Crippen LogP contribution in [0.2, 0.25) is 0 Å². The predicted octanol–water partition coefficient (Wildman–Crippen LogP) is 1.35. The van der Waals surface area contributed by atoms with E-state index in [1.165, 1.54) is 0 Å². The minimum absolute atomic E-state index is 0.0265. The lowest BCUT2D eigenvalue weighted by Crippen LogP contribution is -2.36.